The third kappa shape index (κ3) is 4.43. The van der Waals surface area contributed by atoms with Gasteiger partial charge in [-0.15, -0.1) is 0 Å². The van der Waals surface area contributed by atoms with Crippen molar-refractivity contribution in [3.63, 3.8) is 0 Å². The molecule has 2 nitrogen and oxygen atoms in total. The lowest BCUT2D eigenvalue weighted by molar-refractivity contribution is -0.148. The van der Waals surface area contributed by atoms with Gasteiger partial charge in [-0.2, -0.15) is 13.2 Å². The summed E-state index contributed by atoms with van der Waals surface area (Å²) >= 11 is 0. The van der Waals surface area contributed by atoms with Gasteiger partial charge in [0.1, 0.15) is 0 Å². The summed E-state index contributed by atoms with van der Waals surface area (Å²) < 4.78 is 37.5. The summed E-state index contributed by atoms with van der Waals surface area (Å²) in [6.45, 7) is -0.382. The predicted molar refractivity (Wildman–Crippen MR) is 65.2 cm³/mol. The first-order valence-corrected chi connectivity index (χ1v) is 7.02. The second-order valence-corrected chi connectivity index (χ2v) is 5.84. The Labute approximate surface area is 107 Å². The van der Waals surface area contributed by atoms with E-state index in [9.17, 15) is 13.2 Å². The molecule has 0 aliphatic heterocycles. The molecule has 2 N–H and O–H groups in total. The monoisotopic (exact) mass is 264 g/mol. The fraction of sp³-hybridized carbons (Fsp3) is 1.00. The van der Waals surface area contributed by atoms with Crippen LogP contribution in [0.25, 0.3) is 0 Å². The zero-order valence-corrected chi connectivity index (χ0v) is 10.8. The average Bonchev–Trinajstić information content (AvgIpc) is 3.11. The highest BCUT2D eigenvalue weighted by molar-refractivity contribution is 4.89. The molecule has 0 spiro atoms. The van der Waals surface area contributed by atoms with Crippen LogP contribution in [0.3, 0.4) is 0 Å². The molecule has 5 heteroatoms. The van der Waals surface area contributed by atoms with E-state index in [4.69, 9.17) is 5.73 Å². The maximum atomic E-state index is 12.5. The molecule has 0 aromatic carbocycles. The van der Waals surface area contributed by atoms with Crippen LogP contribution in [0.4, 0.5) is 13.2 Å². The van der Waals surface area contributed by atoms with Crippen LogP contribution in [-0.2, 0) is 0 Å². The fourth-order valence-corrected chi connectivity index (χ4v) is 2.99. The standard InChI is InChI=1S/C13H23F3N2/c14-13(15,16)9-18(11-6-7-11)8-12(17)10-4-2-1-3-5-10/h10-12H,1-9,17H2. The van der Waals surface area contributed by atoms with Gasteiger partial charge in [0.05, 0.1) is 6.54 Å². The topological polar surface area (TPSA) is 29.3 Å². The van der Waals surface area contributed by atoms with Crippen molar-refractivity contribution < 1.29 is 13.2 Å². The van der Waals surface area contributed by atoms with Crippen LogP contribution in [-0.4, -0.2) is 36.2 Å². The van der Waals surface area contributed by atoms with E-state index in [2.05, 4.69) is 0 Å². The van der Waals surface area contributed by atoms with E-state index in [0.717, 1.165) is 25.7 Å². The Morgan fingerprint density at radius 1 is 1.06 bits per heavy atom. The maximum absolute atomic E-state index is 12.5. The van der Waals surface area contributed by atoms with Crippen LogP contribution in [0.2, 0.25) is 0 Å². The van der Waals surface area contributed by atoms with E-state index in [1.54, 1.807) is 4.90 Å². The van der Waals surface area contributed by atoms with Gasteiger partial charge in [0.2, 0.25) is 0 Å². The van der Waals surface area contributed by atoms with Crippen molar-refractivity contribution in [3.8, 4) is 0 Å². The molecule has 106 valence electrons. The van der Waals surface area contributed by atoms with Gasteiger partial charge in [0.25, 0.3) is 0 Å². The van der Waals surface area contributed by atoms with Crippen LogP contribution < -0.4 is 5.73 Å². The highest BCUT2D eigenvalue weighted by Gasteiger charge is 2.39. The average molecular weight is 264 g/mol. The first-order valence-electron chi connectivity index (χ1n) is 7.02. The molecule has 1 atom stereocenters. The minimum atomic E-state index is -4.10. The minimum absolute atomic E-state index is 0.0896. The van der Waals surface area contributed by atoms with Crippen molar-refractivity contribution in [1.29, 1.82) is 0 Å². The molecule has 18 heavy (non-hydrogen) atoms. The van der Waals surface area contributed by atoms with Gasteiger partial charge < -0.3 is 5.73 Å². The zero-order valence-electron chi connectivity index (χ0n) is 10.8. The molecule has 0 radical (unpaired) electrons. The van der Waals surface area contributed by atoms with Gasteiger partial charge in [-0.1, -0.05) is 19.3 Å². The Balaban J connectivity index is 1.83. The zero-order chi connectivity index (χ0) is 13.2. The third-order valence-electron chi connectivity index (χ3n) is 4.15. The van der Waals surface area contributed by atoms with E-state index < -0.39 is 12.7 Å². The van der Waals surface area contributed by atoms with Gasteiger partial charge in [-0.3, -0.25) is 4.90 Å². The number of hydrogen-bond donors (Lipinski definition) is 1. The Morgan fingerprint density at radius 2 is 1.67 bits per heavy atom. The lowest BCUT2D eigenvalue weighted by Gasteiger charge is -2.32. The van der Waals surface area contributed by atoms with E-state index in [0.29, 0.717) is 12.5 Å². The van der Waals surface area contributed by atoms with Gasteiger partial charge in [0, 0.05) is 18.6 Å². The molecular formula is C13H23F3N2. The van der Waals surface area contributed by atoms with Crippen LogP contribution in [0.15, 0.2) is 0 Å². The largest absolute Gasteiger partial charge is 0.401 e. The smallest absolute Gasteiger partial charge is 0.326 e. The van der Waals surface area contributed by atoms with Crippen LogP contribution in [0.1, 0.15) is 44.9 Å². The first-order chi connectivity index (χ1) is 8.46. The molecule has 0 heterocycles. The van der Waals surface area contributed by atoms with Crippen LogP contribution >= 0.6 is 0 Å². The summed E-state index contributed by atoms with van der Waals surface area (Å²) in [4.78, 5) is 1.55. The van der Waals surface area contributed by atoms with Crippen molar-refractivity contribution in [1.82, 2.24) is 4.90 Å². The van der Waals surface area contributed by atoms with Crippen molar-refractivity contribution in [3.05, 3.63) is 0 Å². The number of nitrogens with zero attached hydrogens (tertiary/aromatic N) is 1. The normalized spacial score (nSPS) is 24.5. The number of hydrogen-bond acceptors (Lipinski definition) is 2. The number of alkyl halides is 3. The first kappa shape index (κ1) is 14.1. The molecule has 0 amide bonds. The Hall–Kier alpha value is -0.290. The molecule has 0 saturated heterocycles. The second-order valence-electron chi connectivity index (χ2n) is 5.84. The van der Waals surface area contributed by atoms with Crippen molar-refractivity contribution >= 4 is 0 Å². The molecule has 0 aromatic rings. The van der Waals surface area contributed by atoms with Gasteiger partial charge in [-0.05, 0) is 31.6 Å². The van der Waals surface area contributed by atoms with Crippen molar-refractivity contribution in [2.75, 3.05) is 13.1 Å². The van der Waals surface area contributed by atoms with E-state index in [1.807, 2.05) is 0 Å². The quantitative estimate of drug-likeness (QED) is 0.827. The van der Waals surface area contributed by atoms with E-state index in [1.165, 1.54) is 19.3 Å². The molecule has 2 fully saturated rings. The number of rotatable bonds is 5. The molecular weight excluding hydrogens is 241 g/mol. The highest BCUT2D eigenvalue weighted by Crippen LogP contribution is 2.32. The molecule has 2 aliphatic rings. The predicted octanol–water partition coefficient (Wildman–Crippen LogP) is 2.92. The van der Waals surface area contributed by atoms with Crippen LogP contribution in [0.5, 0.6) is 0 Å². The SMILES string of the molecule is NC(CN(CC(F)(F)F)C1CC1)C1CCCCC1. The van der Waals surface area contributed by atoms with Crippen LogP contribution in [0, 0.1) is 5.92 Å². The molecule has 1 unspecified atom stereocenters. The molecule has 0 bridgehead atoms. The highest BCUT2D eigenvalue weighted by atomic mass is 19.4. The van der Waals surface area contributed by atoms with Crippen molar-refractivity contribution in [2.24, 2.45) is 11.7 Å². The van der Waals surface area contributed by atoms with Gasteiger partial charge in [0.15, 0.2) is 0 Å². The van der Waals surface area contributed by atoms with Crippen molar-refractivity contribution in [2.45, 2.75) is 63.2 Å². The Morgan fingerprint density at radius 3 is 2.17 bits per heavy atom. The summed E-state index contributed by atoms with van der Waals surface area (Å²) in [5, 5.41) is 0. The van der Waals surface area contributed by atoms with E-state index >= 15 is 0 Å². The summed E-state index contributed by atoms with van der Waals surface area (Å²) in [6, 6.07) is 0.0366. The Bertz CT molecular complexity index is 257. The molecule has 2 rings (SSSR count). The molecule has 2 aliphatic carbocycles. The minimum Gasteiger partial charge on any atom is -0.326 e. The van der Waals surface area contributed by atoms with Gasteiger partial charge in [-0.25, -0.2) is 0 Å². The number of halogens is 3. The second kappa shape index (κ2) is 5.78. The van der Waals surface area contributed by atoms with Gasteiger partial charge >= 0.3 is 6.18 Å². The number of nitrogens with two attached hydrogens (primary N) is 1. The molecule has 0 aromatic heterocycles. The third-order valence-corrected chi connectivity index (χ3v) is 4.15. The maximum Gasteiger partial charge on any atom is 0.401 e. The fourth-order valence-electron chi connectivity index (χ4n) is 2.99. The summed E-state index contributed by atoms with van der Waals surface area (Å²) in [5.41, 5.74) is 6.12. The lowest BCUT2D eigenvalue weighted by atomic mass is 9.84. The summed E-state index contributed by atoms with van der Waals surface area (Å²) in [7, 11) is 0. The van der Waals surface area contributed by atoms with E-state index in [-0.39, 0.29) is 12.1 Å². The summed E-state index contributed by atoms with van der Waals surface area (Å²) in [5.74, 6) is 0.424. The Kier molecular flexibility index (Phi) is 4.54. The molecule has 2 saturated carbocycles. The summed E-state index contributed by atoms with van der Waals surface area (Å²) in [6.07, 6.45) is 3.48. The lowest BCUT2D eigenvalue weighted by Crippen LogP contribution is -2.46.